The summed E-state index contributed by atoms with van der Waals surface area (Å²) in [5, 5.41) is 18.5. The Morgan fingerprint density at radius 3 is 2.36 bits per heavy atom. The number of pyridine rings is 1. The van der Waals surface area contributed by atoms with Gasteiger partial charge in [0.05, 0.1) is 27.7 Å². The maximum Gasteiger partial charge on any atom is 0.417 e. The first-order valence-corrected chi connectivity index (χ1v) is 10.8. The van der Waals surface area contributed by atoms with Crippen molar-refractivity contribution >= 4 is 52.0 Å². The van der Waals surface area contributed by atoms with Gasteiger partial charge in [-0.2, -0.15) is 23.4 Å². The van der Waals surface area contributed by atoms with Gasteiger partial charge in [0.25, 0.3) is 0 Å². The van der Waals surface area contributed by atoms with Crippen molar-refractivity contribution in [3.05, 3.63) is 77.4 Å². The Morgan fingerprint density at radius 1 is 1.03 bits per heavy atom. The largest absolute Gasteiger partial charge is 0.417 e. The van der Waals surface area contributed by atoms with E-state index in [9.17, 15) is 18.0 Å². The third-order valence-electron chi connectivity index (χ3n) is 4.28. The highest BCUT2D eigenvalue weighted by molar-refractivity contribution is 7.99. The number of hydrogen-bond acceptors (Lipinski definition) is 6. The number of anilines is 1. The fourth-order valence-corrected chi connectivity index (χ4v) is 3.69. The monoisotopic (exact) mass is 490 g/mol. The Balaban J connectivity index is 1.38. The predicted molar refractivity (Wildman–Crippen MR) is 119 cm³/mol. The van der Waals surface area contributed by atoms with Gasteiger partial charge >= 0.3 is 6.18 Å². The average molecular weight is 491 g/mol. The van der Waals surface area contributed by atoms with Crippen LogP contribution in [0.25, 0.3) is 5.65 Å². The highest BCUT2D eigenvalue weighted by Crippen LogP contribution is 2.33. The molecule has 4 aromatic rings. The van der Waals surface area contributed by atoms with Gasteiger partial charge in [-0.05, 0) is 42.5 Å². The number of hydrogen-bond donors (Lipinski definition) is 1. The molecule has 1 N–H and O–H groups in total. The number of carbonyl (C=O) groups excluding carboxylic acids is 1. The lowest BCUT2D eigenvalue weighted by molar-refractivity contribution is -0.137. The number of rotatable bonds is 6. The molecule has 0 radical (unpaired) electrons. The molecule has 0 fully saturated rings. The summed E-state index contributed by atoms with van der Waals surface area (Å²) < 4.78 is 40.3. The van der Waals surface area contributed by atoms with Gasteiger partial charge in [0.1, 0.15) is 0 Å². The Morgan fingerprint density at radius 2 is 1.70 bits per heavy atom. The Bertz CT molecular complexity index is 1310. The second-order valence-corrected chi connectivity index (χ2v) is 8.02. The normalized spacial score (nSPS) is 11.9. The zero-order valence-corrected chi connectivity index (χ0v) is 18.2. The molecule has 0 saturated heterocycles. The highest BCUT2D eigenvalue weighted by atomic mass is 35.5. The highest BCUT2D eigenvalue weighted by Gasteiger charge is 2.32. The number of nitrogens with zero attached hydrogens (tertiary/aromatic N) is 5. The minimum absolute atomic E-state index is 0.0767. The third-order valence-corrected chi connectivity index (χ3v) is 5.50. The minimum atomic E-state index is -4.58. The van der Waals surface area contributed by atoms with Crippen LogP contribution in [-0.4, -0.2) is 26.3 Å². The summed E-state index contributed by atoms with van der Waals surface area (Å²) in [6.45, 7) is 0. The van der Waals surface area contributed by atoms with E-state index in [2.05, 4.69) is 25.7 Å². The lowest BCUT2D eigenvalue weighted by Crippen LogP contribution is -2.14. The first-order chi connectivity index (χ1) is 15.8. The molecule has 0 bridgehead atoms. The molecule has 0 aliphatic carbocycles. The van der Waals surface area contributed by atoms with E-state index in [0.29, 0.717) is 11.4 Å². The zero-order valence-electron chi connectivity index (χ0n) is 16.6. The van der Waals surface area contributed by atoms with Gasteiger partial charge in [0.2, 0.25) is 5.91 Å². The van der Waals surface area contributed by atoms with E-state index < -0.39 is 11.7 Å². The van der Waals surface area contributed by atoms with E-state index in [0.717, 1.165) is 34.1 Å². The van der Waals surface area contributed by atoms with Gasteiger partial charge in [-0.25, -0.2) is 0 Å². The Hall–Kier alpha value is -3.44. The number of thioether (sulfide) groups is 1. The molecule has 0 aliphatic heterocycles. The first-order valence-electron chi connectivity index (χ1n) is 9.40. The smallest absolute Gasteiger partial charge is 0.325 e. The van der Waals surface area contributed by atoms with Crippen molar-refractivity contribution in [3.8, 4) is 0 Å². The number of alkyl halides is 3. The maximum absolute atomic E-state index is 13.1. The fourth-order valence-electron chi connectivity index (χ4n) is 2.74. The first kappa shape index (κ1) is 22.7. The number of nitrogens with one attached hydrogen (secondary N) is 1. The molecule has 12 heteroatoms. The molecule has 168 valence electrons. The van der Waals surface area contributed by atoms with E-state index in [-0.39, 0.29) is 27.5 Å². The van der Waals surface area contributed by atoms with Gasteiger partial charge in [-0.3, -0.25) is 9.20 Å². The van der Waals surface area contributed by atoms with Crippen LogP contribution in [0.5, 0.6) is 0 Å². The number of carbonyl (C=O) groups is 1. The van der Waals surface area contributed by atoms with Crippen molar-refractivity contribution in [1.29, 1.82) is 0 Å². The second kappa shape index (κ2) is 9.59. The van der Waals surface area contributed by atoms with Crippen LogP contribution in [0, 0.1) is 0 Å². The van der Waals surface area contributed by atoms with E-state index in [1.807, 2.05) is 30.3 Å². The maximum atomic E-state index is 13.1. The van der Waals surface area contributed by atoms with Crippen LogP contribution in [0.2, 0.25) is 5.02 Å². The number of aromatic nitrogens is 3. The molecular weight excluding hydrogens is 477 g/mol. The van der Waals surface area contributed by atoms with Crippen LogP contribution in [0.4, 0.5) is 30.2 Å². The van der Waals surface area contributed by atoms with Crippen LogP contribution in [0.15, 0.2) is 82.2 Å². The van der Waals surface area contributed by atoms with Crippen LogP contribution in [-0.2, 0) is 11.0 Å². The van der Waals surface area contributed by atoms with Gasteiger partial charge in [0.15, 0.2) is 10.8 Å². The van der Waals surface area contributed by atoms with E-state index >= 15 is 0 Å². The van der Waals surface area contributed by atoms with Crippen molar-refractivity contribution in [2.24, 2.45) is 10.2 Å². The van der Waals surface area contributed by atoms with E-state index in [1.54, 1.807) is 24.3 Å². The summed E-state index contributed by atoms with van der Waals surface area (Å²) in [4.78, 5) is 12.3. The molecule has 2 aromatic carbocycles. The molecule has 0 unspecified atom stereocenters. The van der Waals surface area contributed by atoms with Crippen molar-refractivity contribution in [1.82, 2.24) is 14.6 Å². The molecule has 7 nitrogen and oxygen atoms in total. The van der Waals surface area contributed by atoms with Crippen LogP contribution < -0.4 is 5.32 Å². The second-order valence-electron chi connectivity index (χ2n) is 6.67. The standard InChI is InChI=1S/C21H14ClF3N6OS/c22-17-10-13(21(23,24)25)11-31-19(17)29-30-20(31)33-12-18(32)26-14-6-8-16(9-7-14)28-27-15-4-2-1-3-5-15/h1-11H,12H2,(H,26,32). The van der Waals surface area contributed by atoms with E-state index in [1.165, 1.54) is 0 Å². The van der Waals surface area contributed by atoms with Crippen molar-refractivity contribution in [2.45, 2.75) is 11.3 Å². The molecule has 2 aromatic heterocycles. The molecule has 0 saturated carbocycles. The number of amides is 1. The third kappa shape index (κ3) is 5.68. The molecule has 4 rings (SSSR count). The summed E-state index contributed by atoms with van der Waals surface area (Å²) in [5.74, 6) is -0.460. The number of azo groups is 1. The summed E-state index contributed by atoms with van der Waals surface area (Å²) in [5.41, 5.74) is 1.01. The van der Waals surface area contributed by atoms with Gasteiger partial charge < -0.3 is 5.32 Å². The summed E-state index contributed by atoms with van der Waals surface area (Å²) in [7, 11) is 0. The van der Waals surface area contributed by atoms with Crippen LogP contribution >= 0.6 is 23.4 Å². The average Bonchev–Trinajstić information content (AvgIpc) is 3.21. The van der Waals surface area contributed by atoms with E-state index in [4.69, 9.17) is 11.6 Å². The SMILES string of the molecule is O=C(CSc1nnc2c(Cl)cc(C(F)(F)F)cn12)Nc1ccc(N=Nc2ccccc2)cc1. The molecule has 33 heavy (non-hydrogen) atoms. The summed E-state index contributed by atoms with van der Waals surface area (Å²) in [6, 6.07) is 16.8. The Labute approximate surface area is 194 Å². The van der Waals surface area contributed by atoms with Crippen molar-refractivity contribution < 1.29 is 18.0 Å². The van der Waals surface area contributed by atoms with Crippen molar-refractivity contribution in [2.75, 3.05) is 11.1 Å². The Kier molecular flexibility index (Phi) is 6.61. The lowest BCUT2D eigenvalue weighted by atomic mass is 10.3. The lowest BCUT2D eigenvalue weighted by Gasteiger charge is -2.09. The summed E-state index contributed by atoms with van der Waals surface area (Å²) in [6.07, 6.45) is -3.72. The zero-order chi connectivity index (χ0) is 23.4. The molecule has 0 spiro atoms. The molecule has 2 heterocycles. The van der Waals surface area contributed by atoms with Gasteiger partial charge in [0, 0.05) is 11.9 Å². The molecular formula is C21H14ClF3N6OS. The van der Waals surface area contributed by atoms with Crippen LogP contribution in [0.1, 0.15) is 5.56 Å². The summed E-state index contributed by atoms with van der Waals surface area (Å²) >= 11 is 6.83. The minimum Gasteiger partial charge on any atom is -0.325 e. The topological polar surface area (TPSA) is 84.0 Å². The number of benzene rings is 2. The fraction of sp³-hybridized carbons (Fsp3) is 0.0952. The van der Waals surface area contributed by atoms with Gasteiger partial charge in [-0.15, -0.1) is 10.2 Å². The molecule has 1 amide bonds. The van der Waals surface area contributed by atoms with Crippen LogP contribution in [0.3, 0.4) is 0 Å². The van der Waals surface area contributed by atoms with Gasteiger partial charge in [-0.1, -0.05) is 41.6 Å². The van der Waals surface area contributed by atoms with Crippen molar-refractivity contribution in [3.63, 3.8) is 0 Å². The number of fused-ring (bicyclic) bond motifs is 1. The quantitative estimate of drug-likeness (QED) is 0.245. The number of halogens is 4. The molecule has 0 aliphatic rings. The molecule has 0 atom stereocenters. The predicted octanol–water partition coefficient (Wildman–Crippen LogP) is 6.55.